The minimum atomic E-state index is -0.190. The van der Waals surface area contributed by atoms with Gasteiger partial charge in [-0.05, 0) is 55.3 Å². The van der Waals surface area contributed by atoms with Crippen LogP contribution in [-0.4, -0.2) is 54.5 Å². The molecule has 3 rings (SSSR count). The van der Waals surface area contributed by atoms with Gasteiger partial charge in [0.2, 0.25) is 5.91 Å². The Morgan fingerprint density at radius 1 is 1.26 bits per heavy atom. The van der Waals surface area contributed by atoms with Crippen molar-refractivity contribution in [2.24, 2.45) is 5.92 Å². The highest BCUT2D eigenvalue weighted by atomic mass is 32.1. The molecular weight excluding hydrogens is 410 g/mol. The molecule has 1 aliphatic rings. The van der Waals surface area contributed by atoms with E-state index in [0.29, 0.717) is 26.2 Å². The molecule has 31 heavy (non-hydrogen) atoms. The second kappa shape index (κ2) is 10.7. The van der Waals surface area contributed by atoms with Crippen molar-refractivity contribution in [2.45, 2.75) is 40.2 Å². The Morgan fingerprint density at radius 2 is 2.00 bits per heavy atom. The Hall–Kier alpha value is -2.54. The van der Waals surface area contributed by atoms with Crippen LogP contribution in [0.4, 0.5) is 4.79 Å². The normalized spacial score (nSPS) is 15.5. The maximum Gasteiger partial charge on any atom is 0.317 e. The molecule has 1 aromatic heterocycles. The molecule has 1 aromatic carbocycles. The van der Waals surface area contributed by atoms with Crippen molar-refractivity contribution in [3.8, 4) is 5.75 Å². The Balaban J connectivity index is 1.75. The van der Waals surface area contributed by atoms with Crippen molar-refractivity contribution in [1.82, 2.24) is 15.1 Å². The Morgan fingerprint density at radius 3 is 2.68 bits per heavy atom. The zero-order chi connectivity index (χ0) is 22.4. The van der Waals surface area contributed by atoms with Crippen LogP contribution in [0.3, 0.4) is 0 Å². The standard InChI is InChI=1S/C24H33N3O3S/c1-5-25-24(29)26(14-17(2)3)15-23(28)27-12-10-22-20(11-13-31-22)21(27)16-30-19-8-6-18(4)7-9-19/h6-9,11,13,17,21H,5,10,12,14-16H2,1-4H3,(H,25,29)/t21-/m1/s1. The lowest BCUT2D eigenvalue weighted by Crippen LogP contribution is -2.50. The van der Waals surface area contributed by atoms with Crippen molar-refractivity contribution >= 4 is 23.3 Å². The van der Waals surface area contributed by atoms with Gasteiger partial charge in [-0.25, -0.2) is 4.79 Å². The SMILES string of the molecule is CCNC(=O)N(CC(=O)N1CCc2sccc2[C@H]1COc1ccc(C)cc1)CC(C)C. The van der Waals surface area contributed by atoms with E-state index in [9.17, 15) is 9.59 Å². The van der Waals surface area contributed by atoms with Crippen molar-refractivity contribution in [1.29, 1.82) is 0 Å². The molecule has 0 saturated carbocycles. The predicted octanol–water partition coefficient (Wildman–Crippen LogP) is 4.25. The van der Waals surface area contributed by atoms with E-state index < -0.39 is 0 Å². The Kier molecular flexibility index (Phi) is 7.96. The summed E-state index contributed by atoms with van der Waals surface area (Å²) in [5.74, 6) is 1.03. The van der Waals surface area contributed by atoms with E-state index in [1.165, 1.54) is 10.4 Å². The number of rotatable bonds is 8. The third kappa shape index (κ3) is 6.00. The van der Waals surface area contributed by atoms with E-state index in [-0.39, 0.29) is 30.4 Å². The summed E-state index contributed by atoms with van der Waals surface area (Å²) in [5, 5.41) is 4.91. The maximum absolute atomic E-state index is 13.3. The van der Waals surface area contributed by atoms with Crippen LogP contribution < -0.4 is 10.1 Å². The first-order chi connectivity index (χ1) is 14.9. The summed E-state index contributed by atoms with van der Waals surface area (Å²) in [7, 11) is 0. The molecular formula is C24H33N3O3S. The number of carbonyl (C=O) groups is 2. The Labute approximate surface area is 189 Å². The fourth-order valence-electron chi connectivity index (χ4n) is 3.86. The van der Waals surface area contributed by atoms with Crippen molar-refractivity contribution in [3.63, 3.8) is 0 Å². The number of carbonyl (C=O) groups excluding carboxylic acids is 2. The fourth-order valence-corrected chi connectivity index (χ4v) is 4.79. The number of nitrogens with zero attached hydrogens (tertiary/aromatic N) is 2. The largest absolute Gasteiger partial charge is 0.491 e. The second-order valence-electron chi connectivity index (χ2n) is 8.39. The molecule has 0 radical (unpaired) electrons. The van der Waals surface area contributed by atoms with Gasteiger partial charge in [-0.3, -0.25) is 4.79 Å². The summed E-state index contributed by atoms with van der Waals surface area (Å²) in [6.07, 6.45) is 0.838. The van der Waals surface area contributed by atoms with Crippen LogP contribution in [0.5, 0.6) is 5.75 Å². The number of hydrogen-bond donors (Lipinski definition) is 1. The third-order valence-corrected chi connectivity index (χ3v) is 6.37. The lowest BCUT2D eigenvalue weighted by molar-refractivity contribution is -0.135. The van der Waals surface area contributed by atoms with Gasteiger partial charge in [-0.15, -0.1) is 11.3 Å². The number of aryl methyl sites for hydroxylation is 1. The lowest BCUT2D eigenvalue weighted by atomic mass is 10.0. The highest BCUT2D eigenvalue weighted by Gasteiger charge is 2.33. The van der Waals surface area contributed by atoms with E-state index in [1.54, 1.807) is 16.2 Å². The summed E-state index contributed by atoms with van der Waals surface area (Å²) in [6.45, 7) is 10.2. The smallest absolute Gasteiger partial charge is 0.317 e. The summed E-state index contributed by atoms with van der Waals surface area (Å²) in [4.78, 5) is 30.7. The molecule has 7 heteroatoms. The van der Waals surface area contributed by atoms with E-state index >= 15 is 0 Å². The summed E-state index contributed by atoms with van der Waals surface area (Å²) < 4.78 is 6.08. The van der Waals surface area contributed by atoms with Gasteiger partial charge in [0, 0.05) is 24.5 Å². The molecule has 6 nitrogen and oxygen atoms in total. The maximum atomic E-state index is 13.3. The van der Waals surface area contributed by atoms with Gasteiger partial charge in [0.1, 0.15) is 18.9 Å². The van der Waals surface area contributed by atoms with E-state index in [0.717, 1.165) is 17.7 Å². The molecule has 2 heterocycles. The first kappa shape index (κ1) is 23.1. The second-order valence-corrected chi connectivity index (χ2v) is 9.39. The van der Waals surface area contributed by atoms with Crippen LogP contribution in [0.2, 0.25) is 0 Å². The van der Waals surface area contributed by atoms with Crippen molar-refractivity contribution < 1.29 is 14.3 Å². The number of fused-ring (bicyclic) bond motifs is 1. The average Bonchev–Trinajstić information content (AvgIpc) is 3.21. The number of amides is 3. The fraction of sp³-hybridized carbons (Fsp3) is 0.500. The number of urea groups is 1. The quantitative estimate of drug-likeness (QED) is 0.664. The average molecular weight is 444 g/mol. The van der Waals surface area contributed by atoms with Gasteiger partial charge in [0.15, 0.2) is 0 Å². The minimum Gasteiger partial charge on any atom is -0.491 e. The van der Waals surface area contributed by atoms with Crippen LogP contribution in [0.1, 0.15) is 42.8 Å². The molecule has 1 atom stereocenters. The lowest BCUT2D eigenvalue weighted by Gasteiger charge is -2.37. The van der Waals surface area contributed by atoms with Gasteiger partial charge in [-0.2, -0.15) is 0 Å². The van der Waals surface area contributed by atoms with E-state index in [1.807, 2.05) is 56.9 Å². The summed E-state index contributed by atoms with van der Waals surface area (Å²) in [6, 6.07) is 9.70. The highest BCUT2D eigenvalue weighted by Crippen LogP contribution is 2.34. The molecule has 0 spiro atoms. The van der Waals surface area contributed by atoms with Crippen LogP contribution in [0.25, 0.3) is 0 Å². The number of ether oxygens (including phenoxy) is 1. The number of nitrogens with one attached hydrogen (secondary N) is 1. The topological polar surface area (TPSA) is 61.9 Å². The van der Waals surface area contributed by atoms with Gasteiger partial charge in [0.05, 0.1) is 6.04 Å². The zero-order valence-corrected chi connectivity index (χ0v) is 19.7. The van der Waals surface area contributed by atoms with Crippen LogP contribution >= 0.6 is 11.3 Å². The highest BCUT2D eigenvalue weighted by molar-refractivity contribution is 7.10. The van der Waals surface area contributed by atoms with Gasteiger partial charge >= 0.3 is 6.03 Å². The monoisotopic (exact) mass is 443 g/mol. The summed E-state index contributed by atoms with van der Waals surface area (Å²) >= 11 is 1.73. The number of thiophene rings is 1. The van der Waals surface area contributed by atoms with Gasteiger partial charge in [0.25, 0.3) is 0 Å². The van der Waals surface area contributed by atoms with Gasteiger partial charge < -0.3 is 19.9 Å². The minimum absolute atomic E-state index is 0.0405. The van der Waals surface area contributed by atoms with E-state index in [2.05, 4.69) is 16.8 Å². The van der Waals surface area contributed by atoms with Gasteiger partial charge in [-0.1, -0.05) is 31.5 Å². The predicted molar refractivity (Wildman–Crippen MR) is 125 cm³/mol. The molecule has 0 aliphatic carbocycles. The molecule has 0 bridgehead atoms. The Bertz CT molecular complexity index is 878. The first-order valence-electron chi connectivity index (χ1n) is 11.0. The number of hydrogen-bond acceptors (Lipinski definition) is 4. The zero-order valence-electron chi connectivity index (χ0n) is 18.9. The molecule has 2 aromatic rings. The summed E-state index contributed by atoms with van der Waals surface area (Å²) in [5.41, 5.74) is 2.34. The molecule has 3 amide bonds. The van der Waals surface area contributed by atoms with E-state index in [4.69, 9.17) is 4.74 Å². The molecule has 1 N–H and O–H groups in total. The van der Waals surface area contributed by atoms with Crippen LogP contribution in [-0.2, 0) is 11.2 Å². The first-order valence-corrected chi connectivity index (χ1v) is 11.8. The van der Waals surface area contributed by atoms with Crippen molar-refractivity contribution in [2.75, 3.05) is 32.8 Å². The molecule has 0 unspecified atom stereocenters. The van der Waals surface area contributed by atoms with Crippen LogP contribution in [0.15, 0.2) is 35.7 Å². The third-order valence-electron chi connectivity index (χ3n) is 5.37. The molecule has 168 valence electrons. The van der Waals surface area contributed by atoms with Crippen molar-refractivity contribution in [3.05, 3.63) is 51.7 Å². The molecule has 0 fully saturated rings. The molecule has 0 saturated heterocycles. The van der Waals surface area contributed by atoms with Crippen LogP contribution in [0, 0.1) is 12.8 Å². The number of benzene rings is 1. The molecule has 1 aliphatic heterocycles.